The topological polar surface area (TPSA) is 70.9 Å². The molecular weight excluding hydrogens is 466 g/mol. The Morgan fingerprint density at radius 3 is 2.36 bits per heavy atom. The molecule has 2 heterocycles. The molecule has 0 unspecified atom stereocenters. The van der Waals surface area contributed by atoms with Crippen molar-refractivity contribution in [1.29, 1.82) is 0 Å². The van der Waals surface area contributed by atoms with Crippen LogP contribution in [0.25, 0.3) is 11.0 Å². The van der Waals surface area contributed by atoms with Gasteiger partial charge in [-0.1, -0.05) is 29.8 Å². The fourth-order valence-corrected chi connectivity index (χ4v) is 4.51. The number of aryl methyl sites for hydroxylation is 2. The number of hydrogen-bond acceptors (Lipinski definition) is 7. The van der Waals surface area contributed by atoms with Crippen LogP contribution in [0.15, 0.2) is 79.0 Å². The lowest BCUT2D eigenvalue weighted by molar-refractivity contribution is 0.958. The SMILES string of the molecule is CSCc1ccc(Nc2nccc(N(C)c3ccc4c(c3)nc(Nc3ccc(C)cc3)n4C)n2)cc1. The lowest BCUT2D eigenvalue weighted by Crippen LogP contribution is -2.12. The molecular formula is C28H29N7S. The van der Waals surface area contributed by atoms with E-state index in [4.69, 9.17) is 9.97 Å². The van der Waals surface area contributed by atoms with E-state index in [9.17, 15) is 0 Å². The molecule has 2 N–H and O–H groups in total. The van der Waals surface area contributed by atoms with E-state index >= 15 is 0 Å². The molecule has 0 spiro atoms. The van der Waals surface area contributed by atoms with E-state index in [0.717, 1.165) is 45.6 Å². The van der Waals surface area contributed by atoms with Crippen LogP contribution in [0.1, 0.15) is 11.1 Å². The molecule has 0 atom stereocenters. The maximum atomic E-state index is 4.84. The largest absolute Gasteiger partial charge is 0.329 e. The van der Waals surface area contributed by atoms with Gasteiger partial charge in [-0.2, -0.15) is 16.7 Å². The number of aromatic nitrogens is 4. The molecule has 2 aromatic heterocycles. The van der Waals surface area contributed by atoms with Crippen LogP contribution in [-0.4, -0.2) is 32.8 Å². The highest BCUT2D eigenvalue weighted by Crippen LogP contribution is 2.29. The van der Waals surface area contributed by atoms with E-state index in [-0.39, 0.29) is 0 Å². The summed E-state index contributed by atoms with van der Waals surface area (Å²) in [5, 5.41) is 6.73. The van der Waals surface area contributed by atoms with E-state index < -0.39 is 0 Å². The van der Waals surface area contributed by atoms with Gasteiger partial charge in [-0.3, -0.25) is 0 Å². The van der Waals surface area contributed by atoms with E-state index in [1.807, 2.05) is 36.8 Å². The molecule has 0 aliphatic heterocycles. The van der Waals surface area contributed by atoms with Gasteiger partial charge in [0.15, 0.2) is 0 Å². The van der Waals surface area contributed by atoms with Crippen molar-refractivity contribution in [2.75, 3.05) is 28.8 Å². The Hall–Kier alpha value is -4.04. The highest BCUT2D eigenvalue weighted by atomic mass is 32.2. The van der Waals surface area contributed by atoms with Gasteiger partial charge in [0.2, 0.25) is 11.9 Å². The minimum atomic E-state index is 0.556. The number of hydrogen-bond donors (Lipinski definition) is 2. The van der Waals surface area contributed by atoms with Gasteiger partial charge in [0, 0.05) is 43.1 Å². The van der Waals surface area contributed by atoms with Crippen molar-refractivity contribution in [3.63, 3.8) is 0 Å². The molecule has 0 amide bonds. The first-order valence-electron chi connectivity index (χ1n) is 11.7. The molecule has 0 radical (unpaired) electrons. The molecule has 7 nitrogen and oxygen atoms in total. The fraction of sp³-hybridized carbons (Fsp3) is 0.179. The minimum absolute atomic E-state index is 0.556. The average Bonchev–Trinajstić information content (AvgIpc) is 3.20. The number of rotatable bonds is 8. The van der Waals surface area contributed by atoms with Gasteiger partial charge < -0.3 is 20.1 Å². The number of imidazole rings is 1. The zero-order valence-electron chi connectivity index (χ0n) is 20.9. The molecule has 0 aliphatic rings. The van der Waals surface area contributed by atoms with Gasteiger partial charge in [0.05, 0.1) is 11.0 Å². The van der Waals surface area contributed by atoms with Crippen LogP contribution in [0.5, 0.6) is 0 Å². The van der Waals surface area contributed by atoms with Gasteiger partial charge >= 0.3 is 0 Å². The van der Waals surface area contributed by atoms with Gasteiger partial charge in [-0.05, 0) is 67.3 Å². The van der Waals surface area contributed by atoms with Crippen molar-refractivity contribution >= 4 is 57.6 Å². The quantitative estimate of drug-likeness (QED) is 0.246. The van der Waals surface area contributed by atoms with Gasteiger partial charge in [0.1, 0.15) is 5.82 Å². The van der Waals surface area contributed by atoms with Crippen molar-refractivity contribution in [3.8, 4) is 0 Å². The summed E-state index contributed by atoms with van der Waals surface area (Å²) in [6, 6.07) is 24.8. The number of benzene rings is 3. The lowest BCUT2D eigenvalue weighted by atomic mass is 10.2. The first-order chi connectivity index (χ1) is 17.5. The first kappa shape index (κ1) is 23.7. The van der Waals surface area contributed by atoms with Crippen LogP contribution in [0.4, 0.5) is 34.8 Å². The normalized spacial score (nSPS) is 11.0. The van der Waals surface area contributed by atoms with Crippen molar-refractivity contribution in [3.05, 3.63) is 90.1 Å². The Bertz CT molecular complexity index is 1480. The summed E-state index contributed by atoms with van der Waals surface area (Å²) in [4.78, 5) is 16.0. The Labute approximate surface area is 215 Å². The zero-order valence-corrected chi connectivity index (χ0v) is 21.7. The Morgan fingerprint density at radius 1 is 0.889 bits per heavy atom. The zero-order chi connectivity index (χ0) is 25.1. The molecule has 3 aromatic carbocycles. The predicted octanol–water partition coefficient (Wildman–Crippen LogP) is 6.79. The summed E-state index contributed by atoms with van der Waals surface area (Å²) in [7, 11) is 4.02. The van der Waals surface area contributed by atoms with Crippen molar-refractivity contribution in [2.24, 2.45) is 7.05 Å². The van der Waals surface area contributed by atoms with Crippen LogP contribution in [0.2, 0.25) is 0 Å². The maximum Gasteiger partial charge on any atom is 0.229 e. The molecule has 0 bridgehead atoms. The third-order valence-corrected chi connectivity index (χ3v) is 6.69. The lowest BCUT2D eigenvalue weighted by Gasteiger charge is -2.19. The maximum absolute atomic E-state index is 4.84. The van der Waals surface area contributed by atoms with E-state index in [1.165, 1.54) is 11.1 Å². The number of nitrogens with zero attached hydrogens (tertiary/aromatic N) is 5. The molecule has 8 heteroatoms. The van der Waals surface area contributed by atoms with Crippen LogP contribution in [0.3, 0.4) is 0 Å². The molecule has 5 rings (SSSR count). The summed E-state index contributed by atoms with van der Waals surface area (Å²) in [6.45, 7) is 2.08. The predicted molar refractivity (Wildman–Crippen MR) is 152 cm³/mol. The highest BCUT2D eigenvalue weighted by molar-refractivity contribution is 7.97. The molecule has 0 fully saturated rings. The van der Waals surface area contributed by atoms with E-state index in [1.54, 1.807) is 6.20 Å². The average molecular weight is 496 g/mol. The third kappa shape index (κ3) is 5.13. The molecule has 36 heavy (non-hydrogen) atoms. The number of nitrogens with one attached hydrogen (secondary N) is 2. The summed E-state index contributed by atoms with van der Waals surface area (Å²) in [6.07, 6.45) is 3.88. The van der Waals surface area contributed by atoms with Crippen molar-refractivity contribution < 1.29 is 0 Å². The summed E-state index contributed by atoms with van der Waals surface area (Å²) < 4.78 is 2.07. The van der Waals surface area contributed by atoms with Crippen LogP contribution in [0, 0.1) is 6.92 Å². The third-order valence-electron chi connectivity index (χ3n) is 6.07. The molecule has 0 saturated carbocycles. The smallest absolute Gasteiger partial charge is 0.229 e. The fourth-order valence-electron chi connectivity index (χ4n) is 3.98. The molecule has 5 aromatic rings. The molecule has 0 saturated heterocycles. The molecule has 0 aliphatic carbocycles. The van der Waals surface area contributed by atoms with Crippen molar-refractivity contribution in [2.45, 2.75) is 12.7 Å². The van der Waals surface area contributed by atoms with Crippen molar-refractivity contribution in [1.82, 2.24) is 19.5 Å². The van der Waals surface area contributed by atoms with Crippen LogP contribution < -0.4 is 15.5 Å². The van der Waals surface area contributed by atoms with Crippen LogP contribution >= 0.6 is 11.8 Å². The Morgan fingerprint density at radius 2 is 1.61 bits per heavy atom. The monoisotopic (exact) mass is 495 g/mol. The van der Waals surface area contributed by atoms with Gasteiger partial charge in [-0.25, -0.2) is 9.97 Å². The Kier molecular flexibility index (Phi) is 6.77. The molecule has 182 valence electrons. The van der Waals surface area contributed by atoms with Gasteiger partial charge in [-0.15, -0.1) is 0 Å². The second-order valence-corrected chi connectivity index (χ2v) is 9.58. The highest BCUT2D eigenvalue weighted by Gasteiger charge is 2.13. The summed E-state index contributed by atoms with van der Waals surface area (Å²) in [5.74, 6) is 3.15. The number of fused-ring (bicyclic) bond motifs is 1. The Balaban J connectivity index is 1.35. The number of anilines is 6. The van der Waals surface area contributed by atoms with Gasteiger partial charge in [0.25, 0.3) is 0 Å². The second kappa shape index (κ2) is 10.3. The van der Waals surface area contributed by atoms with E-state index in [2.05, 4.69) is 100 Å². The standard InChI is InChI=1S/C28H29N7S/c1-19-5-9-22(10-6-19)31-28-32-24-17-23(13-14-25(24)35(28)3)34(2)26-15-16-29-27(33-26)30-21-11-7-20(8-12-21)18-36-4/h5-17H,18H2,1-4H3,(H,31,32)(H,29,30,33). The summed E-state index contributed by atoms with van der Waals surface area (Å²) in [5.41, 5.74) is 7.45. The minimum Gasteiger partial charge on any atom is -0.329 e. The number of thioether (sulfide) groups is 1. The van der Waals surface area contributed by atoms with Crippen LogP contribution in [-0.2, 0) is 12.8 Å². The first-order valence-corrected chi connectivity index (χ1v) is 13.1. The van der Waals surface area contributed by atoms with E-state index in [0.29, 0.717) is 5.95 Å². The summed E-state index contributed by atoms with van der Waals surface area (Å²) >= 11 is 1.81. The second-order valence-electron chi connectivity index (χ2n) is 8.71.